The van der Waals surface area contributed by atoms with Crippen molar-refractivity contribution in [2.75, 3.05) is 0 Å². The van der Waals surface area contributed by atoms with Crippen molar-refractivity contribution in [2.45, 2.75) is 39.4 Å². The van der Waals surface area contributed by atoms with Crippen molar-refractivity contribution in [3.05, 3.63) is 188 Å². The largest absolute Gasteiger partial charge is 0.486 e. The van der Waals surface area contributed by atoms with E-state index in [1.807, 2.05) is 60.8 Å². The molecule has 0 amide bonds. The fourth-order valence-electron chi connectivity index (χ4n) is 8.50. The number of benzene rings is 7. The average molecular weight is 997 g/mol. The van der Waals surface area contributed by atoms with Crippen LogP contribution in [0.4, 0.5) is 0 Å². The molecule has 0 atom stereocenters. The minimum absolute atomic E-state index is 0. The predicted octanol–water partition coefficient (Wildman–Crippen LogP) is 14.0. The summed E-state index contributed by atoms with van der Waals surface area (Å²) in [6, 6.07) is 63.2. The molecule has 0 saturated heterocycles. The van der Waals surface area contributed by atoms with Gasteiger partial charge in [-0.1, -0.05) is 148 Å². The number of hydrogen-bond acceptors (Lipinski definition) is 4. The first-order valence-electron chi connectivity index (χ1n) is 20.9. The second-order valence-corrected chi connectivity index (χ2v) is 21.9. The zero-order valence-corrected chi connectivity index (χ0v) is 38.7. The normalized spacial score (nSPS) is 11.6. The van der Waals surface area contributed by atoms with Crippen LogP contribution in [0.3, 0.4) is 0 Å². The Morgan fingerprint density at radius 2 is 1.26 bits per heavy atom. The van der Waals surface area contributed by atoms with Crippen LogP contribution in [0.1, 0.15) is 25.3 Å². The molecule has 0 bridgehead atoms. The van der Waals surface area contributed by atoms with Gasteiger partial charge in [-0.2, -0.15) is 0 Å². The van der Waals surface area contributed by atoms with Crippen LogP contribution in [0.5, 0.6) is 0 Å². The maximum atomic E-state index is 6.63. The summed E-state index contributed by atoms with van der Waals surface area (Å²) in [5.74, 6) is 1.06. The van der Waals surface area contributed by atoms with Gasteiger partial charge in [-0.3, -0.25) is 4.98 Å². The number of imidazole rings is 1. The van der Waals surface area contributed by atoms with E-state index in [0.717, 1.165) is 67.0 Å². The zero-order chi connectivity index (χ0) is 41.7. The van der Waals surface area contributed by atoms with Crippen LogP contribution >= 0.6 is 0 Å². The number of furan rings is 1. The number of rotatable bonds is 6. The number of fused-ring (bicyclic) bond motifs is 7. The Bertz CT molecular complexity index is 3370. The third kappa shape index (κ3) is 7.36. The smallest absolute Gasteiger partial charge is 0.216 e. The molecule has 0 aliphatic carbocycles. The van der Waals surface area contributed by atoms with Gasteiger partial charge in [-0.15, -0.1) is 54.1 Å². The van der Waals surface area contributed by atoms with E-state index in [2.05, 4.69) is 164 Å². The van der Waals surface area contributed by atoms with Gasteiger partial charge in [0.1, 0.15) is 0 Å². The molecule has 62 heavy (non-hydrogen) atoms. The fourth-order valence-corrected chi connectivity index (χ4v) is 9.54. The second kappa shape index (κ2) is 16.7. The van der Waals surface area contributed by atoms with Crippen LogP contribution in [0.2, 0.25) is 19.6 Å². The molecule has 4 heterocycles. The van der Waals surface area contributed by atoms with Gasteiger partial charge in [0.25, 0.3) is 0 Å². The minimum Gasteiger partial charge on any atom is -0.486 e. The molecule has 7 aromatic carbocycles. The SMILES string of the molecule is CC(C)c1c(-n2c(-c3[c-]ccc4c3oc3nc(-c5ccccc5)ccc34)nc3ccccc32)c2ccccc2c2ccccc12.C[Si](C)(C)c1ccc(-c2[c-]cccc2)nc1.[Ir]. The zero-order valence-electron chi connectivity index (χ0n) is 35.3. The van der Waals surface area contributed by atoms with Crippen LogP contribution in [-0.2, 0) is 20.1 Å². The average Bonchev–Trinajstić information content (AvgIpc) is 3.87. The number of pyridine rings is 2. The van der Waals surface area contributed by atoms with Crippen molar-refractivity contribution in [1.82, 2.24) is 19.5 Å². The maximum Gasteiger partial charge on any atom is 0.216 e. The van der Waals surface area contributed by atoms with E-state index in [4.69, 9.17) is 14.4 Å². The van der Waals surface area contributed by atoms with Gasteiger partial charge in [0, 0.05) is 42.6 Å². The first kappa shape index (κ1) is 40.9. The van der Waals surface area contributed by atoms with E-state index in [1.54, 1.807) is 0 Å². The van der Waals surface area contributed by atoms with Crippen LogP contribution in [-0.4, -0.2) is 27.6 Å². The van der Waals surface area contributed by atoms with E-state index in [9.17, 15) is 0 Å². The standard InChI is InChI=1S/C41H28N3O.C14H16NSi.Ir/c1-25(2)37-29-17-8-6-15-27(29)28-16-7-9-18-30(28)38(37)44-36-22-11-10-21-35(36)42-40(44)33-20-12-19-31-32-23-24-34(26-13-4-3-5-14-26)43-41(32)45-39(31)33;1-16(2,3)13-9-10-14(15-11-13)12-7-5-4-6-8-12;/h3-19,21-25H,1-2H3;4-7,9-11H,1-3H3;/q2*-1;. The first-order chi connectivity index (χ1) is 29.7. The first-order valence-corrected chi connectivity index (χ1v) is 24.4. The Morgan fingerprint density at radius 1 is 0.581 bits per heavy atom. The van der Waals surface area contributed by atoms with Gasteiger partial charge in [0.05, 0.1) is 41.9 Å². The van der Waals surface area contributed by atoms with Gasteiger partial charge in [0.15, 0.2) is 0 Å². The molecule has 0 spiro atoms. The van der Waals surface area contributed by atoms with E-state index in [-0.39, 0.29) is 26.0 Å². The van der Waals surface area contributed by atoms with Crippen molar-refractivity contribution >= 4 is 67.9 Å². The molecular weight excluding hydrogens is 953 g/mol. The van der Waals surface area contributed by atoms with Crippen molar-refractivity contribution in [3.63, 3.8) is 0 Å². The molecule has 1 radical (unpaired) electrons. The summed E-state index contributed by atoms with van der Waals surface area (Å²) in [5.41, 5.74) is 10.6. The van der Waals surface area contributed by atoms with E-state index >= 15 is 0 Å². The summed E-state index contributed by atoms with van der Waals surface area (Å²) in [6.07, 6.45) is 2.02. The second-order valence-electron chi connectivity index (χ2n) is 16.8. The van der Waals surface area contributed by atoms with Crippen LogP contribution < -0.4 is 5.19 Å². The predicted molar refractivity (Wildman–Crippen MR) is 256 cm³/mol. The van der Waals surface area contributed by atoms with E-state index in [1.165, 1.54) is 32.3 Å². The summed E-state index contributed by atoms with van der Waals surface area (Å²) in [7, 11) is -1.23. The molecule has 0 N–H and O–H groups in total. The Kier molecular flexibility index (Phi) is 11.0. The van der Waals surface area contributed by atoms with Gasteiger partial charge in [-0.05, 0) is 62.8 Å². The topological polar surface area (TPSA) is 56.7 Å². The van der Waals surface area contributed by atoms with Crippen molar-refractivity contribution in [3.8, 4) is 39.6 Å². The monoisotopic (exact) mass is 997 g/mol. The van der Waals surface area contributed by atoms with Crippen molar-refractivity contribution < 1.29 is 24.5 Å². The van der Waals surface area contributed by atoms with Gasteiger partial charge >= 0.3 is 0 Å². The molecule has 5 nitrogen and oxygen atoms in total. The summed E-state index contributed by atoms with van der Waals surface area (Å²) in [6.45, 7) is 11.6. The maximum absolute atomic E-state index is 6.63. The summed E-state index contributed by atoms with van der Waals surface area (Å²) >= 11 is 0. The molecule has 0 aliphatic rings. The van der Waals surface area contributed by atoms with Crippen molar-refractivity contribution in [1.29, 1.82) is 0 Å². The molecule has 0 saturated carbocycles. The molecule has 4 aromatic heterocycles. The molecule has 11 rings (SSSR count). The Morgan fingerprint density at radius 3 is 1.97 bits per heavy atom. The number of nitrogens with zero attached hydrogens (tertiary/aromatic N) is 4. The van der Waals surface area contributed by atoms with Gasteiger partial charge in [-0.25, -0.2) is 4.98 Å². The quantitative estimate of drug-likeness (QED) is 0.0946. The third-order valence-corrected chi connectivity index (χ3v) is 13.5. The Labute approximate surface area is 376 Å². The van der Waals surface area contributed by atoms with Crippen LogP contribution in [0.25, 0.3) is 94.2 Å². The van der Waals surface area contributed by atoms with Crippen molar-refractivity contribution in [2.24, 2.45) is 0 Å². The fraction of sp³-hybridized carbons (Fsp3) is 0.109. The summed E-state index contributed by atoms with van der Waals surface area (Å²) in [4.78, 5) is 14.7. The minimum atomic E-state index is -1.23. The molecule has 0 unspecified atom stereocenters. The molecule has 305 valence electrons. The van der Waals surface area contributed by atoms with E-state index < -0.39 is 8.07 Å². The molecular formula is C55H44IrN4OSi-2. The number of hydrogen-bond donors (Lipinski definition) is 0. The molecule has 0 fully saturated rings. The van der Waals surface area contributed by atoms with E-state index in [0.29, 0.717) is 5.71 Å². The van der Waals surface area contributed by atoms with Gasteiger partial charge < -0.3 is 14.0 Å². The third-order valence-electron chi connectivity index (χ3n) is 11.5. The van der Waals surface area contributed by atoms with Crippen LogP contribution in [0.15, 0.2) is 174 Å². The van der Waals surface area contributed by atoms with Crippen LogP contribution in [0, 0.1) is 12.1 Å². The molecule has 11 aromatic rings. The summed E-state index contributed by atoms with van der Waals surface area (Å²) in [5, 5.41) is 8.30. The number of para-hydroxylation sites is 2. The Hall–Kier alpha value is -6.50. The molecule has 0 aliphatic heterocycles. The van der Waals surface area contributed by atoms with Gasteiger partial charge in [0.2, 0.25) is 5.71 Å². The summed E-state index contributed by atoms with van der Waals surface area (Å²) < 4.78 is 8.96. The Balaban J connectivity index is 0.000000244. The number of aromatic nitrogens is 4. The molecule has 7 heteroatoms.